The topological polar surface area (TPSA) is 66.2 Å². The number of aryl methyl sites for hydroxylation is 1. The highest BCUT2D eigenvalue weighted by atomic mass is 16.6. The number of hydrogen-bond donors (Lipinski definition) is 0. The zero-order valence-corrected chi connectivity index (χ0v) is 15.6. The molecule has 0 bridgehead atoms. The minimum atomic E-state index is -0.371. The summed E-state index contributed by atoms with van der Waals surface area (Å²) in [6, 6.07) is 6.03. The summed E-state index contributed by atoms with van der Waals surface area (Å²) in [7, 11) is 0. The van der Waals surface area contributed by atoms with E-state index in [4.69, 9.17) is 9.47 Å². The molecule has 1 saturated carbocycles. The Balaban J connectivity index is 1.79. The summed E-state index contributed by atoms with van der Waals surface area (Å²) in [5.41, 5.74) is 2.88. The van der Waals surface area contributed by atoms with Crippen LogP contribution in [0.2, 0.25) is 0 Å². The zero-order valence-electron chi connectivity index (χ0n) is 15.6. The van der Waals surface area contributed by atoms with Gasteiger partial charge in [0.25, 0.3) is 0 Å². The van der Waals surface area contributed by atoms with Crippen LogP contribution in [0.1, 0.15) is 45.1 Å². The Morgan fingerprint density at radius 3 is 2.85 bits per heavy atom. The summed E-state index contributed by atoms with van der Waals surface area (Å²) in [6.07, 6.45) is 7.89. The first-order valence-corrected chi connectivity index (χ1v) is 9.51. The van der Waals surface area contributed by atoms with E-state index in [9.17, 15) is 4.79 Å². The highest BCUT2D eigenvalue weighted by molar-refractivity contribution is 5.72. The minimum Gasteiger partial charge on any atom is -0.481 e. The molecule has 0 radical (unpaired) electrons. The van der Waals surface area contributed by atoms with Crippen molar-refractivity contribution in [3.05, 3.63) is 30.0 Å². The number of rotatable bonds is 9. The summed E-state index contributed by atoms with van der Waals surface area (Å²) in [5.74, 6) is 0.980. The Morgan fingerprint density at radius 2 is 2.15 bits per heavy atom. The van der Waals surface area contributed by atoms with Crippen molar-refractivity contribution in [2.45, 2.75) is 52.5 Å². The Bertz CT molecular complexity index is 738. The molecular weight excluding hydrogens is 330 g/mol. The average Bonchev–Trinajstić information content (AvgIpc) is 3.06. The number of esters is 1. The first-order valence-electron chi connectivity index (χ1n) is 9.51. The number of carbonyl (C=O) groups excluding carboxylic acids is 1. The van der Waals surface area contributed by atoms with Crippen LogP contribution in [0.25, 0.3) is 11.3 Å². The highest BCUT2D eigenvalue weighted by Crippen LogP contribution is 2.31. The van der Waals surface area contributed by atoms with Crippen LogP contribution in [-0.2, 0) is 22.5 Å². The molecule has 6 nitrogen and oxygen atoms in total. The minimum absolute atomic E-state index is 0.107. The molecule has 0 saturated heterocycles. The van der Waals surface area contributed by atoms with Gasteiger partial charge in [-0.05, 0) is 49.8 Å². The summed E-state index contributed by atoms with van der Waals surface area (Å²) >= 11 is 0. The molecule has 1 aromatic heterocycles. The molecule has 1 aliphatic rings. The van der Waals surface area contributed by atoms with E-state index in [-0.39, 0.29) is 12.6 Å². The van der Waals surface area contributed by atoms with Gasteiger partial charge >= 0.3 is 5.97 Å². The van der Waals surface area contributed by atoms with Gasteiger partial charge in [-0.3, -0.25) is 4.68 Å². The number of nitrogens with zero attached hydrogens (tertiary/aromatic N) is 3. The average molecular weight is 357 g/mol. The SMILES string of the molecule is CCCc1ccc(OCC(=O)OCC)c(-c2cn(CC3CCC3)nn2)c1. The largest absolute Gasteiger partial charge is 0.481 e. The second-order valence-corrected chi connectivity index (χ2v) is 6.80. The molecule has 1 heterocycles. The van der Waals surface area contributed by atoms with E-state index in [0.717, 1.165) is 36.6 Å². The second kappa shape index (κ2) is 8.83. The lowest BCUT2D eigenvalue weighted by Gasteiger charge is -2.24. The van der Waals surface area contributed by atoms with Crippen LogP contribution >= 0.6 is 0 Å². The van der Waals surface area contributed by atoms with Crippen molar-refractivity contribution in [1.29, 1.82) is 0 Å². The van der Waals surface area contributed by atoms with Crippen LogP contribution < -0.4 is 4.74 Å². The third-order valence-corrected chi connectivity index (χ3v) is 4.72. The van der Waals surface area contributed by atoms with Gasteiger partial charge in [-0.15, -0.1) is 5.10 Å². The fourth-order valence-electron chi connectivity index (χ4n) is 3.14. The lowest BCUT2D eigenvalue weighted by Crippen LogP contribution is -2.18. The molecule has 0 atom stereocenters. The molecule has 2 aromatic rings. The van der Waals surface area contributed by atoms with Crippen LogP contribution in [0.3, 0.4) is 0 Å². The zero-order chi connectivity index (χ0) is 18.4. The highest BCUT2D eigenvalue weighted by Gasteiger charge is 2.19. The molecular formula is C20H27N3O3. The van der Waals surface area contributed by atoms with Crippen molar-refractivity contribution in [3.8, 4) is 17.0 Å². The first kappa shape index (κ1) is 18.4. The fourth-order valence-corrected chi connectivity index (χ4v) is 3.14. The Kier molecular flexibility index (Phi) is 6.26. The van der Waals surface area contributed by atoms with Crippen molar-refractivity contribution in [3.63, 3.8) is 0 Å². The number of aromatic nitrogens is 3. The van der Waals surface area contributed by atoms with Crippen molar-refractivity contribution < 1.29 is 14.3 Å². The molecule has 6 heteroatoms. The predicted octanol–water partition coefficient (Wildman–Crippen LogP) is 3.64. The fraction of sp³-hybridized carbons (Fsp3) is 0.550. The second-order valence-electron chi connectivity index (χ2n) is 6.80. The molecule has 140 valence electrons. The van der Waals surface area contributed by atoms with Gasteiger partial charge in [0.15, 0.2) is 6.61 Å². The van der Waals surface area contributed by atoms with E-state index in [0.29, 0.717) is 12.4 Å². The van der Waals surface area contributed by atoms with Crippen LogP contribution in [-0.4, -0.2) is 34.2 Å². The molecule has 0 spiro atoms. The lowest BCUT2D eigenvalue weighted by atomic mass is 9.85. The van der Waals surface area contributed by atoms with Crippen molar-refractivity contribution in [1.82, 2.24) is 15.0 Å². The summed E-state index contributed by atoms with van der Waals surface area (Å²) in [6.45, 7) is 5.09. The molecule has 26 heavy (non-hydrogen) atoms. The van der Waals surface area contributed by atoms with Gasteiger partial charge < -0.3 is 9.47 Å². The molecule has 0 amide bonds. The first-order chi connectivity index (χ1) is 12.7. The standard InChI is InChI=1S/C20H27N3O3/c1-3-6-15-9-10-19(26-14-20(24)25-4-2)17(11-15)18-13-23(22-21-18)12-16-7-5-8-16/h9-11,13,16H,3-8,12,14H2,1-2H3. The number of benzene rings is 1. The monoisotopic (exact) mass is 357 g/mol. The van der Waals surface area contributed by atoms with E-state index in [2.05, 4.69) is 23.3 Å². The lowest BCUT2D eigenvalue weighted by molar-refractivity contribution is -0.145. The maximum absolute atomic E-state index is 11.6. The van der Waals surface area contributed by atoms with E-state index in [1.54, 1.807) is 6.92 Å². The van der Waals surface area contributed by atoms with Crippen LogP contribution in [0, 0.1) is 5.92 Å². The van der Waals surface area contributed by atoms with Gasteiger partial charge in [0, 0.05) is 12.1 Å². The van der Waals surface area contributed by atoms with Gasteiger partial charge in [0.1, 0.15) is 11.4 Å². The summed E-state index contributed by atoms with van der Waals surface area (Å²) in [4.78, 5) is 11.6. The normalized spacial score (nSPS) is 14.1. The van der Waals surface area contributed by atoms with Gasteiger partial charge in [0.05, 0.1) is 12.8 Å². The molecule has 0 aliphatic heterocycles. The Morgan fingerprint density at radius 1 is 1.31 bits per heavy atom. The van der Waals surface area contributed by atoms with Gasteiger partial charge in [0.2, 0.25) is 0 Å². The quantitative estimate of drug-likeness (QED) is 0.641. The molecule has 3 rings (SSSR count). The van der Waals surface area contributed by atoms with Crippen molar-refractivity contribution in [2.24, 2.45) is 5.92 Å². The van der Waals surface area contributed by atoms with E-state index < -0.39 is 0 Å². The number of hydrogen-bond acceptors (Lipinski definition) is 5. The van der Waals surface area contributed by atoms with Gasteiger partial charge in [-0.25, -0.2) is 4.79 Å². The molecule has 1 aliphatic carbocycles. The van der Waals surface area contributed by atoms with Crippen LogP contribution in [0.15, 0.2) is 24.4 Å². The summed E-state index contributed by atoms with van der Waals surface area (Å²) in [5, 5.41) is 8.62. The van der Waals surface area contributed by atoms with E-state index in [1.165, 1.54) is 24.8 Å². The van der Waals surface area contributed by atoms with Crippen LogP contribution in [0.4, 0.5) is 0 Å². The third-order valence-electron chi connectivity index (χ3n) is 4.72. The van der Waals surface area contributed by atoms with Gasteiger partial charge in [-0.2, -0.15) is 0 Å². The van der Waals surface area contributed by atoms with E-state index >= 15 is 0 Å². The van der Waals surface area contributed by atoms with Gasteiger partial charge in [-0.1, -0.05) is 31.0 Å². The molecule has 1 fully saturated rings. The maximum Gasteiger partial charge on any atom is 0.344 e. The number of ether oxygens (including phenoxy) is 2. The van der Waals surface area contributed by atoms with Crippen molar-refractivity contribution >= 4 is 5.97 Å². The molecule has 0 N–H and O–H groups in total. The number of carbonyl (C=O) groups is 1. The van der Waals surface area contributed by atoms with E-state index in [1.807, 2.05) is 23.0 Å². The molecule has 0 unspecified atom stereocenters. The Labute approximate surface area is 154 Å². The predicted molar refractivity (Wildman–Crippen MR) is 98.9 cm³/mol. The third kappa shape index (κ3) is 4.62. The Hall–Kier alpha value is -2.37. The smallest absolute Gasteiger partial charge is 0.344 e. The van der Waals surface area contributed by atoms with Crippen molar-refractivity contribution in [2.75, 3.05) is 13.2 Å². The maximum atomic E-state index is 11.6. The molecule has 1 aromatic carbocycles. The van der Waals surface area contributed by atoms with Crippen LogP contribution in [0.5, 0.6) is 5.75 Å². The summed E-state index contributed by atoms with van der Waals surface area (Å²) < 4.78 is 12.6.